The van der Waals surface area contributed by atoms with Crippen LogP contribution in [0, 0.1) is 0 Å². The van der Waals surface area contributed by atoms with Crippen molar-refractivity contribution in [1.29, 1.82) is 0 Å². The molecule has 0 bridgehead atoms. The van der Waals surface area contributed by atoms with Gasteiger partial charge in [-0.15, -0.1) is 12.6 Å². The van der Waals surface area contributed by atoms with E-state index in [2.05, 4.69) is 12.6 Å². The van der Waals surface area contributed by atoms with Gasteiger partial charge in [0.25, 0.3) is 0 Å². The number of hydrogen-bond acceptors (Lipinski definition) is 4. The van der Waals surface area contributed by atoms with Gasteiger partial charge < -0.3 is 14.6 Å². The highest BCUT2D eigenvalue weighted by atomic mass is 32.1. The predicted octanol–water partition coefficient (Wildman–Crippen LogP) is 1.62. The first-order valence-electron chi connectivity index (χ1n) is 4.89. The van der Waals surface area contributed by atoms with Crippen molar-refractivity contribution < 1.29 is 24.2 Å². The van der Waals surface area contributed by atoms with Crippen LogP contribution in [-0.4, -0.2) is 29.4 Å². The van der Waals surface area contributed by atoms with Crippen LogP contribution < -0.4 is 9.47 Å². The Hall–Kier alpha value is -1.69. The van der Waals surface area contributed by atoms with Gasteiger partial charge in [0.15, 0.2) is 6.61 Å². The maximum Gasteiger partial charge on any atom is 0.339 e. The largest absolute Gasteiger partial charge is 0.494 e. The van der Waals surface area contributed by atoms with E-state index in [-0.39, 0.29) is 17.9 Å². The van der Waals surface area contributed by atoms with Crippen molar-refractivity contribution >= 4 is 23.7 Å². The standard InChI is InChI=1S/C11H12O5S/c1-2-15-7-3-4-8(11(13)14)9(5-7)16-6-10(12)17/h3-5H,2,6H2,1H3,(H,12,17)(H,13,14). The molecule has 5 nitrogen and oxygen atoms in total. The lowest BCUT2D eigenvalue weighted by molar-refractivity contribution is -0.112. The van der Waals surface area contributed by atoms with Crippen LogP contribution in [0.2, 0.25) is 0 Å². The molecule has 0 aliphatic heterocycles. The Balaban J connectivity index is 2.98. The normalized spacial score (nSPS) is 9.76. The molecule has 0 spiro atoms. The molecule has 0 amide bonds. The van der Waals surface area contributed by atoms with Gasteiger partial charge in [-0.1, -0.05) is 0 Å². The molecule has 0 aliphatic rings. The summed E-state index contributed by atoms with van der Waals surface area (Å²) < 4.78 is 10.3. The smallest absolute Gasteiger partial charge is 0.339 e. The third kappa shape index (κ3) is 3.99. The van der Waals surface area contributed by atoms with E-state index in [4.69, 9.17) is 14.6 Å². The molecule has 17 heavy (non-hydrogen) atoms. The third-order valence-electron chi connectivity index (χ3n) is 1.85. The van der Waals surface area contributed by atoms with Crippen LogP contribution in [0.5, 0.6) is 11.5 Å². The van der Waals surface area contributed by atoms with Crippen LogP contribution in [0.25, 0.3) is 0 Å². The molecule has 1 aromatic rings. The second kappa shape index (κ2) is 6.15. The summed E-state index contributed by atoms with van der Waals surface area (Å²) >= 11 is 3.54. The van der Waals surface area contributed by atoms with Gasteiger partial charge in [-0.25, -0.2) is 4.79 Å². The molecule has 1 rings (SSSR count). The number of carboxylic acids is 1. The summed E-state index contributed by atoms with van der Waals surface area (Å²) in [5.41, 5.74) is -0.0250. The minimum absolute atomic E-state index is 0.0250. The van der Waals surface area contributed by atoms with Crippen molar-refractivity contribution in [2.75, 3.05) is 13.2 Å². The number of carboxylic acid groups (broad SMARTS) is 1. The minimum Gasteiger partial charge on any atom is -0.494 e. The van der Waals surface area contributed by atoms with E-state index in [1.165, 1.54) is 18.2 Å². The Labute approximate surface area is 104 Å². The van der Waals surface area contributed by atoms with Crippen molar-refractivity contribution in [3.05, 3.63) is 23.8 Å². The maximum absolute atomic E-state index is 10.9. The lowest BCUT2D eigenvalue weighted by atomic mass is 10.2. The molecule has 0 aliphatic carbocycles. The van der Waals surface area contributed by atoms with E-state index in [0.29, 0.717) is 12.4 Å². The van der Waals surface area contributed by atoms with E-state index < -0.39 is 11.1 Å². The third-order valence-corrected chi connectivity index (χ3v) is 1.97. The first kappa shape index (κ1) is 13.4. The SMILES string of the molecule is CCOc1ccc(C(=O)O)c(OCC(=O)S)c1. The summed E-state index contributed by atoms with van der Waals surface area (Å²) in [7, 11) is 0. The molecule has 0 heterocycles. The second-order valence-electron chi connectivity index (χ2n) is 3.08. The second-order valence-corrected chi connectivity index (χ2v) is 3.58. The molecular weight excluding hydrogens is 244 g/mol. The summed E-state index contributed by atoms with van der Waals surface area (Å²) in [5.74, 6) is -0.556. The van der Waals surface area contributed by atoms with Gasteiger partial charge in [0, 0.05) is 6.07 Å². The predicted molar refractivity (Wildman–Crippen MR) is 64.1 cm³/mol. The van der Waals surface area contributed by atoms with Gasteiger partial charge >= 0.3 is 5.97 Å². The zero-order valence-electron chi connectivity index (χ0n) is 9.17. The number of hydrogen-bond donors (Lipinski definition) is 2. The molecule has 0 aromatic heterocycles. The van der Waals surface area contributed by atoms with Gasteiger partial charge in [-0.3, -0.25) is 4.79 Å². The molecule has 0 fully saturated rings. The number of aromatic carboxylic acids is 1. The maximum atomic E-state index is 10.9. The van der Waals surface area contributed by atoms with Crippen molar-refractivity contribution in [2.24, 2.45) is 0 Å². The van der Waals surface area contributed by atoms with Crippen LogP contribution in [0.1, 0.15) is 17.3 Å². The molecule has 92 valence electrons. The van der Waals surface area contributed by atoms with E-state index in [1.807, 2.05) is 6.92 Å². The fourth-order valence-corrected chi connectivity index (χ4v) is 1.26. The van der Waals surface area contributed by atoms with Gasteiger partial charge in [-0.05, 0) is 19.1 Å². The summed E-state index contributed by atoms with van der Waals surface area (Å²) in [5, 5.41) is 8.44. The monoisotopic (exact) mass is 256 g/mol. The molecular formula is C11H12O5S. The number of thiol groups is 1. The highest BCUT2D eigenvalue weighted by molar-refractivity contribution is 7.96. The average molecular weight is 256 g/mol. The van der Waals surface area contributed by atoms with E-state index in [1.54, 1.807) is 0 Å². The number of carbonyl (C=O) groups is 2. The Morgan fingerprint density at radius 3 is 2.59 bits per heavy atom. The summed E-state index contributed by atoms with van der Waals surface area (Å²) in [6, 6.07) is 4.33. The quantitative estimate of drug-likeness (QED) is 0.757. The Kier molecular flexibility index (Phi) is 4.84. The minimum atomic E-state index is -1.13. The van der Waals surface area contributed by atoms with Gasteiger partial charge in [-0.2, -0.15) is 0 Å². The summed E-state index contributed by atoms with van der Waals surface area (Å²) in [6.45, 7) is 1.97. The molecule has 0 atom stereocenters. The van der Waals surface area contributed by atoms with Crippen molar-refractivity contribution in [3.63, 3.8) is 0 Å². The summed E-state index contributed by atoms with van der Waals surface area (Å²) in [4.78, 5) is 21.6. The topological polar surface area (TPSA) is 72.8 Å². The first-order chi connectivity index (χ1) is 8.04. The van der Waals surface area contributed by atoms with Gasteiger partial charge in [0.05, 0.1) is 6.61 Å². The lowest BCUT2D eigenvalue weighted by Crippen LogP contribution is -2.09. The molecule has 0 unspecified atom stereocenters. The highest BCUT2D eigenvalue weighted by Crippen LogP contribution is 2.25. The van der Waals surface area contributed by atoms with E-state index in [0.717, 1.165) is 0 Å². The lowest BCUT2D eigenvalue weighted by Gasteiger charge is -2.10. The summed E-state index contributed by atoms with van der Waals surface area (Å²) in [6.07, 6.45) is 0. The average Bonchev–Trinajstić information content (AvgIpc) is 2.26. The zero-order chi connectivity index (χ0) is 12.8. The fourth-order valence-electron chi connectivity index (χ4n) is 1.19. The van der Waals surface area contributed by atoms with Crippen LogP contribution in [0.15, 0.2) is 18.2 Å². The van der Waals surface area contributed by atoms with Crippen LogP contribution in [-0.2, 0) is 4.79 Å². The van der Waals surface area contributed by atoms with Gasteiger partial charge in [0.1, 0.15) is 17.1 Å². The first-order valence-corrected chi connectivity index (χ1v) is 5.34. The van der Waals surface area contributed by atoms with E-state index in [9.17, 15) is 9.59 Å². The molecule has 0 saturated carbocycles. The number of ether oxygens (including phenoxy) is 2. The Morgan fingerprint density at radius 2 is 2.06 bits per heavy atom. The number of carbonyl (C=O) groups excluding carboxylic acids is 1. The van der Waals surface area contributed by atoms with Crippen LogP contribution in [0.4, 0.5) is 0 Å². The molecule has 0 radical (unpaired) electrons. The number of rotatable bonds is 6. The van der Waals surface area contributed by atoms with Crippen molar-refractivity contribution in [3.8, 4) is 11.5 Å². The van der Waals surface area contributed by atoms with Crippen LogP contribution >= 0.6 is 12.6 Å². The molecule has 1 aromatic carbocycles. The fraction of sp³-hybridized carbons (Fsp3) is 0.273. The highest BCUT2D eigenvalue weighted by Gasteiger charge is 2.13. The Morgan fingerprint density at radius 1 is 1.35 bits per heavy atom. The van der Waals surface area contributed by atoms with Crippen molar-refractivity contribution in [1.82, 2.24) is 0 Å². The number of benzene rings is 1. The Bertz CT molecular complexity index is 430. The molecule has 0 saturated heterocycles. The van der Waals surface area contributed by atoms with Crippen molar-refractivity contribution in [2.45, 2.75) is 6.92 Å². The van der Waals surface area contributed by atoms with Gasteiger partial charge in [0.2, 0.25) is 5.12 Å². The molecule has 1 N–H and O–H groups in total. The zero-order valence-corrected chi connectivity index (χ0v) is 10.1. The van der Waals surface area contributed by atoms with Crippen LogP contribution in [0.3, 0.4) is 0 Å². The molecule has 6 heteroatoms. The van der Waals surface area contributed by atoms with E-state index >= 15 is 0 Å².